The molecule has 0 aliphatic carbocycles. The summed E-state index contributed by atoms with van der Waals surface area (Å²) < 4.78 is 1.96. The van der Waals surface area contributed by atoms with E-state index in [1.165, 1.54) is 11.1 Å². The van der Waals surface area contributed by atoms with Crippen LogP contribution in [0.5, 0.6) is 0 Å². The van der Waals surface area contributed by atoms with Crippen molar-refractivity contribution in [3.63, 3.8) is 0 Å². The van der Waals surface area contributed by atoms with Crippen molar-refractivity contribution in [2.24, 2.45) is 0 Å². The lowest BCUT2D eigenvalue weighted by Crippen LogP contribution is -2.22. The van der Waals surface area contributed by atoms with E-state index in [9.17, 15) is 0 Å². The summed E-state index contributed by atoms with van der Waals surface area (Å²) in [6.45, 7) is 9.31. The molecule has 1 aromatic heterocycles. The third kappa shape index (κ3) is 2.99. The quantitative estimate of drug-likeness (QED) is 0.894. The van der Waals surface area contributed by atoms with Gasteiger partial charge in [-0.15, -0.1) is 0 Å². The molecule has 0 atom stereocenters. The Morgan fingerprint density at radius 2 is 2.00 bits per heavy atom. The molecule has 0 unspecified atom stereocenters. The predicted octanol–water partition coefficient (Wildman–Crippen LogP) is 2.99. The number of nitrogens with zero attached hydrogens (tertiary/aromatic N) is 2. The normalized spacial score (nSPS) is 11.2. The van der Waals surface area contributed by atoms with Crippen molar-refractivity contribution in [3.05, 3.63) is 47.3 Å². The number of aromatic nitrogens is 2. The maximum Gasteiger partial charge on any atom is 0.0766 e. The summed E-state index contributed by atoms with van der Waals surface area (Å²) in [7, 11) is 0. The number of benzene rings is 1. The molecule has 3 nitrogen and oxygen atoms in total. The van der Waals surface area contributed by atoms with Crippen molar-refractivity contribution >= 4 is 0 Å². The van der Waals surface area contributed by atoms with Crippen LogP contribution in [-0.2, 0) is 6.54 Å². The number of hydrogen-bond acceptors (Lipinski definition) is 2. The van der Waals surface area contributed by atoms with Gasteiger partial charge in [0.1, 0.15) is 0 Å². The molecule has 3 heteroatoms. The highest BCUT2D eigenvalue weighted by atomic mass is 15.3. The topological polar surface area (TPSA) is 29.9 Å². The fourth-order valence-corrected chi connectivity index (χ4v) is 1.87. The van der Waals surface area contributed by atoms with Crippen LogP contribution in [0.2, 0.25) is 0 Å². The minimum atomic E-state index is 0.482. The minimum absolute atomic E-state index is 0.482. The lowest BCUT2D eigenvalue weighted by Gasteiger charge is -2.07. The van der Waals surface area contributed by atoms with Crippen LogP contribution in [0.3, 0.4) is 0 Å². The van der Waals surface area contributed by atoms with E-state index in [1.54, 1.807) is 0 Å². The molecule has 0 saturated heterocycles. The van der Waals surface area contributed by atoms with Gasteiger partial charge in [0.05, 0.1) is 11.4 Å². The number of hydrogen-bond donors (Lipinski definition) is 1. The Bertz CT molecular complexity index is 526. The average molecular weight is 243 g/mol. The van der Waals surface area contributed by atoms with E-state index in [-0.39, 0.29) is 0 Å². The van der Waals surface area contributed by atoms with E-state index in [4.69, 9.17) is 0 Å². The highest BCUT2D eigenvalue weighted by molar-refractivity contribution is 5.42. The van der Waals surface area contributed by atoms with Crippen molar-refractivity contribution in [3.8, 4) is 5.69 Å². The van der Waals surface area contributed by atoms with Gasteiger partial charge in [-0.25, -0.2) is 4.68 Å². The van der Waals surface area contributed by atoms with E-state index in [0.29, 0.717) is 6.04 Å². The summed E-state index contributed by atoms with van der Waals surface area (Å²) in [5, 5.41) is 7.99. The molecule has 2 aromatic rings. The fraction of sp³-hybridized carbons (Fsp3) is 0.400. The summed E-state index contributed by atoms with van der Waals surface area (Å²) in [5.41, 5.74) is 4.73. The first-order chi connectivity index (χ1) is 8.56. The number of aryl methyl sites for hydroxylation is 2. The monoisotopic (exact) mass is 243 g/mol. The molecule has 0 amide bonds. The fourth-order valence-electron chi connectivity index (χ4n) is 1.87. The van der Waals surface area contributed by atoms with Crippen LogP contribution in [0.15, 0.2) is 30.5 Å². The minimum Gasteiger partial charge on any atom is -0.309 e. The SMILES string of the molecule is Cc1ccc(C)c(-n2ccc(CNC(C)C)n2)c1. The third-order valence-electron chi connectivity index (χ3n) is 2.95. The van der Waals surface area contributed by atoms with Gasteiger partial charge >= 0.3 is 0 Å². The van der Waals surface area contributed by atoms with Gasteiger partial charge in [-0.1, -0.05) is 26.0 Å². The van der Waals surface area contributed by atoms with E-state index in [1.807, 2.05) is 10.9 Å². The van der Waals surface area contributed by atoms with E-state index >= 15 is 0 Å². The van der Waals surface area contributed by atoms with Gasteiger partial charge < -0.3 is 5.32 Å². The van der Waals surface area contributed by atoms with E-state index in [0.717, 1.165) is 17.9 Å². The molecule has 0 aliphatic rings. The largest absolute Gasteiger partial charge is 0.309 e. The van der Waals surface area contributed by atoms with Crippen molar-refractivity contribution in [1.29, 1.82) is 0 Å². The van der Waals surface area contributed by atoms with Crippen LogP contribution < -0.4 is 5.32 Å². The van der Waals surface area contributed by atoms with Gasteiger partial charge in [-0.3, -0.25) is 0 Å². The standard InChI is InChI=1S/C15H21N3/c1-11(2)16-10-14-7-8-18(17-14)15-9-12(3)5-6-13(15)4/h5-9,11,16H,10H2,1-4H3. The van der Waals surface area contributed by atoms with Gasteiger partial charge in [0.25, 0.3) is 0 Å². The second kappa shape index (κ2) is 5.36. The first-order valence-corrected chi connectivity index (χ1v) is 6.42. The molecular weight excluding hydrogens is 222 g/mol. The van der Waals surface area contributed by atoms with Gasteiger partial charge in [-0.05, 0) is 37.1 Å². The highest BCUT2D eigenvalue weighted by Gasteiger charge is 2.04. The van der Waals surface area contributed by atoms with Gasteiger partial charge in [0, 0.05) is 18.8 Å². The van der Waals surface area contributed by atoms with Crippen LogP contribution in [0.4, 0.5) is 0 Å². The molecule has 0 fully saturated rings. The zero-order valence-corrected chi connectivity index (χ0v) is 11.6. The Kier molecular flexibility index (Phi) is 3.82. The van der Waals surface area contributed by atoms with Crippen LogP contribution in [0, 0.1) is 13.8 Å². The van der Waals surface area contributed by atoms with Crippen LogP contribution in [-0.4, -0.2) is 15.8 Å². The molecule has 0 radical (unpaired) electrons. The lowest BCUT2D eigenvalue weighted by atomic mass is 10.1. The summed E-state index contributed by atoms with van der Waals surface area (Å²) >= 11 is 0. The number of nitrogens with one attached hydrogen (secondary N) is 1. The summed E-state index contributed by atoms with van der Waals surface area (Å²) in [5.74, 6) is 0. The van der Waals surface area contributed by atoms with Crippen molar-refractivity contribution in [2.45, 2.75) is 40.3 Å². The molecular formula is C15H21N3. The predicted molar refractivity (Wildman–Crippen MR) is 75.0 cm³/mol. The molecule has 0 aliphatic heterocycles. The summed E-state index contributed by atoms with van der Waals surface area (Å²) in [6, 6.07) is 8.98. The average Bonchev–Trinajstić information content (AvgIpc) is 2.78. The maximum atomic E-state index is 4.61. The Labute approximate surface area is 109 Å². The molecule has 2 rings (SSSR count). The molecule has 0 saturated carbocycles. The van der Waals surface area contributed by atoms with E-state index < -0.39 is 0 Å². The second-order valence-electron chi connectivity index (χ2n) is 5.08. The second-order valence-corrected chi connectivity index (χ2v) is 5.08. The third-order valence-corrected chi connectivity index (χ3v) is 2.95. The molecule has 0 spiro atoms. The maximum absolute atomic E-state index is 4.61. The highest BCUT2D eigenvalue weighted by Crippen LogP contribution is 2.15. The first-order valence-electron chi connectivity index (χ1n) is 6.42. The lowest BCUT2D eigenvalue weighted by molar-refractivity contribution is 0.578. The first kappa shape index (κ1) is 12.8. The molecule has 18 heavy (non-hydrogen) atoms. The van der Waals surface area contributed by atoms with Gasteiger partial charge in [-0.2, -0.15) is 5.10 Å². The summed E-state index contributed by atoms with van der Waals surface area (Å²) in [4.78, 5) is 0. The van der Waals surface area contributed by atoms with E-state index in [2.05, 4.69) is 62.4 Å². The Balaban J connectivity index is 2.21. The zero-order valence-electron chi connectivity index (χ0n) is 11.6. The Hall–Kier alpha value is -1.61. The molecule has 1 heterocycles. The van der Waals surface area contributed by atoms with Crippen molar-refractivity contribution in [1.82, 2.24) is 15.1 Å². The summed E-state index contributed by atoms with van der Waals surface area (Å²) in [6.07, 6.45) is 2.03. The molecule has 0 bridgehead atoms. The molecule has 96 valence electrons. The zero-order chi connectivity index (χ0) is 13.1. The number of rotatable bonds is 4. The smallest absolute Gasteiger partial charge is 0.0766 e. The molecule has 1 aromatic carbocycles. The van der Waals surface area contributed by atoms with Gasteiger partial charge in [0.2, 0.25) is 0 Å². The Morgan fingerprint density at radius 3 is 2.72 bits per heavy atom. The van der Waals surface area contributed by atoms with Gasteiger partial charge in [0.15, 0.2) is 0 Å². The Morgan fingerprint density at radius 1 is 1.22 bits per heavy atom. The van der Waals surface area contributed by atoms with Crippen LogP contribution >= 0.6 is 0 Å². The van der Waals surface area contributed by atoms with Crippen LogP contribution in [0.25, 0.3) is 5.69 Å². The molecule has 1 N–H and O–H groups in total. The van der Waals surface area contributed by atoms with Crippen LogP contribution in [0.1, 0.15) is 30.7 Å². The van der Waals surface area contributed by atoms with Crippen molar-refractivity contribution in [2.75, 3.05) is 0 Å². The van der Waals surface area contributed by atoms with Crippen molar-refractivity contribution < 1.29 is 0 Å².